The number of ether oxygens (including phenoxy) is 1. The zero-order valence-corrected chi connectivity index (χ0v) is 30.7. The van der Waals surface area contributed by atoms with Crippen molar-refractivity contribution in [2.24, 2.45) is 0 Å². The first kappa shape index (κ1) is 35.5. The Morgan fingerprint density at radius 2 is 1.84 bits per heavy atom. The highest BCUT2D eigenvalue weighted by Gasteiger charge is 2.42. The topological polar surface area (TPSA) is 159 Å². The van der Waals surface area contributed by atoms with Crippen molar-refractivity contribution in [1.29, 1.82) is 5.26 Å². The third-order valence-electron chi connectivity index (χ3n) is 10.9. The molecular formula is C38H36F3N13O2. The van der Waals surface area contributed by atoms with Gasteiger partial charge in [0.2, 0.25) is 11.9 Å². The van der Waals surface area contributed by atoms with Crippen LogP contribution in [0.5, 0.6) is 0 Å². The van der Waals surface area contributed by atoms with Gasteiger partial charge in [-0.15, -0.1) is 0 Å². The van der Waals surface area contributed by atoms with Gasteiger partial charge in [-0.3, -0.25) is 9.69 Å². The molecule has 0 unspecified atom stereocenters. The summed E-state index contributed by atoms with van der Waals surface area (Å²) in [6, 6.07) is 8.86. The van der Waals surface area contributed by atoms with Crippen molar-refractivity contribution in [3.05, 3.63) is 77.9 Å². The molecule has 4 aromatic heterocycles. The molecule has 0 aliphatic carbocycles. The van der Waals surface area contributed by atoms with Crippen molar-refractivity contribution in [1.82, 2.24) is 49.1 Å². The number of nitrogens with one attached hydrogen (secondary N) is 1. The van der Waals surface area contributed by atoms with Gasteiger partial charge in [-0.25, -0.2) is 42.8 Å². The normalized spacial score (nSPS) is 20.5. The second-order valence-electron chi connectivity index (χ2n) is 14.5. The summed E-state index contributed by atoms with van der Waals surface area (Å²) in [7, 11) is 3.31. The number of carbonyl (C=O) groups is 1. The molecule has 18 heteroatoms. The number of nitrogens with zero attached hydrogens (tertiary/aromatic N) is 12. The second kappa shape index (κ2) is 13.8. The minimum Gasteiger partial charge on any atom is -0.378 e. The van der Waals surface area contributed by atoms with Gasteiger partial charge in [0.25, 0.3) is 0 Å². The van der Waals surface area contributed by atoms with Crippen LogP contribution in [-0.4, -0.2) is 120 Å². The van der Waals surface area contributed by atoms with E-state index >= 15 is 8.78 Å². The minimum absolute atomic E-state index is 0.000906. The second-order valence-corrected chi connectivity index (χ2v) is 14.5. The number of aryl methyl sites for hydroxylation is 1. The van der Waals surface area contributed by atoms with Crippen molar-refractivity contribution < 1.29 is 22.7 Å². The summed E-state index contributed by atoms with van der Waals surface area (Å²) in [6.45, 7) is 4.00. The molecule has 7 heterocycles. The number of aromatic nitrogens is 8. The number of hydrogen-bond acceptors (Lipinski definition) is 12. The Balaban J connectivity index is 1.16. The molecule has 3 atom stereocenters. The van der Waals surface area contributed by atoms with Crippen LogP contribution < -0.4 is 10.2 Å². The van der Waals surface area contributed by atoms with Gasteiger partial charge in [-0.05, 0) is 37.6 Å². The first-order valence-electron chi connectivity index (χ1n) is 18.2. The lowest BCUT2D eigenvalue weighted by molar-refractivity contribution is -0.132. The SMILES string of the molecule is CO[C@H]1CN(C)C(=O)[C@@H]2C[C@@H](CN2c2nc(C3CN(CC#N)C3)nc3c2cnn3-c2ccc(F)cc2F)Nc2nccc(n2)-c2cc(F)cc3nc(C)n(c23)C1. The third-order valence-corrected chi connectivity index (χ3v) is 10.9. The van der Waals surface area contributed by atoms with E-state index in [1.54, 1.807) is 31.3 Å². The summed E-state index contributed by atoms with van der Waals surface area (Å²) in [5.41, 5.74) is 2.49. The van der Waals surface area contributed by atoms with Gasteiger partial charge in [0.1, 0.15) is 40.8 Å². The van der Waals surface area contributed by atoms with Crippen LogP contribution in [0.4, 0.5) is 24.9 Å². The summed E-state index contributed by atoms with van der Waals surface area (Å²) in [6.07, 6.45) is 2.99. The molecule has 15 nitrogen and oxygen atoms in total. The molecule has 286 valence electrons. The van der Waals surface area contributed by atoms with Crippen LogP contribution in [0.1, 0.15) is 24.0 Å². The van der Waals surface area contributed by atoms with E-state index in [9.17, 15) is 14.4 Å². The molecule has 2 fully saturated rings. The van der Waals surface area contributed by atoms with Gasteiger partial charge < -0.3 is 24.4 Å². The van der Waals surface area contributed by atoms with Crippen LogP contribution >= 0.6 is 0 Å². The number of benzene rings is 2. The van der Waals surface area contributed by atoms with E-state index in [4.69, 9.17) is 19.7 Å². The molecule has 0 radical (unpaired) electrons. The molecule has 0 saturated carbocycles. The highest BCUT2D eigenvalue weighted by Crippen LogP contribution is 2.37. The lowest BCUT2D eigenvalue weighted by atomic mass is 9.99. The lowest BCUT2D eigenvalue weighted by Crippen LogP contribution is -2.48. The van der Waals surface area contributed by atoms with Gasteiger partial charge in [0.05, 0.1) is 53.6 Å². The first-order chi connectivity index (χ1) is 27.1. The molecule has 0 spiro atoms. The number of nitriles is 1. The molecule has 3 aliphatic rings. The molecule has 6 aromatic rings. The predicted molar refractivity (Wildman–Crippen MR) is 198 cm³/mol. The summed E-state index contributed by atoms with van der Waals surface area (Å²) < 4.78 is 53.5. The van der Waals surface area contributed by atoms with E-state index in [0.717, 1.165) is 12.1 Å². The fourth-order valence-electron chi connectivity index (χ4n) is 8.10. The van der Waals surface area contributed by atoms with Crippen molar-refractivity contribution in [3.8, 4) is 23.0 Å². The van der Waals surface area contributed by atoms with Gasteiger partial charge >= 0.3 is 0 Å². The van der Waals surface area contributed by atoms with Crippen LogP contribution in [0.2, 0.25) is 0 Å². The maximum atomic E-state index is 15.2. The summed E-state index contributed by atoms with van der Waals surface area (Å²) in [4.78, 5) is 44.1. The average molecular weight is 764 g/mol. The number of imidazole rings is 1. The lowest BCUT2D eigenvalue weighted by Gasteiger charge is -2.37. The molecule has 3 aliphatic heterocycles. The number of rotatable bonds is 5. The molecule has 9 rings (SSSR count). The smallest absolute Gasteiger partial charge is 0.245 e. The van der Waals surface area contributed by atoms with Crippen LogP contribution in [0.15, 0.2) is 48.8 Å². The minimum atomic E-state index is -0.819. The zero-order chi connectivity index (χ0) is 38.8. The van der Waals surface area contributed by atoms with E-state index in [-0.39, 0.29) is 48.8 Å². The van der Waals surface area contributed by atoms with Crippen molar-refractivity contribution in [3.63, 3.8) is 0 Å². The highest BCUT2D eigenvalue weighted by atomic mass is 19.1. The quantitative estimate of drug-likeness (QED) is 0.254. The van der Waals surface area contributed by atoms with Gasteiger partial charge in [-0.1, -0.05) is 0 Å². The summed E-state index contributed by atoms with van der Waals surface area (Å²) in [5.74, 6) is -0.516. The Morgan fingerprint density at radius 3 is 2.62 bits per heavy atom. The fraction of sp³-hybridized carbons (Fsp3) is 0.368. The Hall–Kier alpha value is -6.19. The number of fused-ring (bicyclic) bond motifs is 6. The maximum Gasteiger partial charge on any atom is 0.245 e. The van der Waals surface area contributed by atoms with Gasteiger partial charge in [0.15, 0.2) is 11.5 Å². The number of anilines is 2. The molecular weight excluding hydrogens is 728 g/mol. The van der Waals surface area contributed by atoms with E-state index in [1.165, 1.54) is 29.1 Å². The Morgan fingerprint density at radius 1 is 1.00 bits per heavy atom. The Labute approximate surface area is 318 Å². The molecule has 1 amide bonds. The highest BCUT2D eigenvalue weighted by molar-refractivity contribution is 5.94. The van der Waals surface area contributed by atoms with E-state index < -0.39 is 29.6 Å². The van der Waals surface area contributed by atoms with Crippen molar-refractivity contribution >= 4 is 39.7 Å². The number of carbonyl (C=O) groups excluding carboxylic acids is 1. The number of likely N-dealkylation sites (N-methyl/N-ethyl adjacent to an activating group) is 1. The largest absolute Gasteiger partial charge is 0.378 e. The van der Waals surface area contributed by atoms with Crippen LogP contribution in [0.3, 0.4) is 0 Å². The molecule has 2 aromatic carbocycles. The van der Waals surface area contributed by atoms with Crippen molar-refractivity contribution in [2.45, 2.75) is 44.0 Å². The molecule has 4 bridgehead atoms. The van der Waals surface area contributed by atoms with E-state index in [0.29, 0.717) is 77.1 Å². The Bertz CT molecular complexity index is 2560. The summed E-state index contributed by atoms with van der Waals surface area (Å²) >= 11 is 0. The number of likely N-dealkylation sites (tertiary alicyclic amines) is 1. The monoisotopic (exact) mass is 763 g/mol. The average Bonchev–Trinajstić information content (AvgIpc) is 3.86. The molecule has 1 N–H and O–H groups in total. The third kappa shape index (κ3) is 6.12. The van der Waals surface area contributed by atoms with E-state index in [2.05, 4.69) is 26.5 Å². The van der Waals surface area contributed by atoms with Gasteiger partial charge in [0, 0.05) is 76.2 Å². The van der Waals surface area contributed by atoms with Crippen LogP contribution in [0.25, 0.3) is 39.0 Å². The fourth-order valence-corrected chi connectivity index (χ4v) is 8.10. The first-order valence-corrected chi connectivity index (χ1v) is 18.2. The van der Waals surface area contributed by atoms with Crippen molar-refractivity contribution in [2.75, 3.05) is 57.1 Å². The Kier molecular flexibility index (Phi) is 8.77. The maximum absolute atomic E-state index is 15.2. The number of methoxy groups -OCH3 is 1. The van der Waals surface area contributed by atoms with Crippen LogP contribution in [0, 0.1) is 35.7 Å². The van der Waals surface area contributed by atoms with Crippen LogP contribution in [-0.2, 0) is 16.1 Å². The zero-order valence-electron chi connectivity index (χ0n) is 30.7. The molecule has 56 heavy (non-hydrogen) atoms. The number of halogens is 3. The molecule has 2 saturated heterocycles. The predicted octanol–water partition coefficient (Wildman–Crippen LogP) is 3.82. The number of amides is 1. The number of hydrogen-bond donors (Lipinski definition) is 1. The standard InChI is InChI=1S/C38H36F3N13O2/c1-20-45-30-12-23(40)10-26-29-6-8-43-38(47-29)46-24-13-32(37(55)50(2)18-25(56-3)19-52(20)33(26)30)53(17-24)35-27-14-44-54(31-5-4-22(39)11-28(31)41)36(27)49-34(48-35)21-15-51(16-21)9-7-42/h4-6,8,10-12,14,21,24-25,32H,9,13,15-19H2,1-3H3,(H,43,46,47)/t24-,25-,32-/m0/s1. The summed E-state index contributed by atoms with van der Waals surface area (Å²) in [5, 5.41) is 17.6. The van der Waals surface area contributed by atoms with Gasteiger partial charge in [-0.2, -0.15) is 10.4 Å². The van der Waals surface area contributed by atoms with E-state index in [1.807, 2.05) is 21.3 Å².